The summed E-state index contributed by atoms with van der Waals surface area (Å²) in [5.41, 5.74) is 9.17. The minimum atomic E-state index is -0.0507. The first-order valence-corrected chi connectivity index (χ1v) is 6.77. The Hall–Kier alpha value is -2.29. The van der Waals surface area contributed by atoms with E-state index in [9.17, 15) is 4.79 Å². The van der Waals surface area contributed by atoms with Gasteiger partial charge in [-0.1, -0.05) is 37.3 Å². The third-order valence-electron chi connectivity index (χ3n) is 3.43. The van der Waals surface area contributed by atoms with Crippen LogP contribution in [-0.4, -0.2) is 12.5 Å². The molecule has 20 heavy (non-hydrogen) atoms. The lowest BCUT2D eigenvalue weighted by Crippen LogP contribution is -2.28. The number of nitrogens with one attached hydrogen (secondary N) is 1. The Kier molecular flexibility index (Phi) is 4.41. The molecule has 3 nitrogen and oxygen atoms in total. The minimum Gasteiger partial charge on any atom is -0.399 e. The second kappa shape index (κ2) is 6.24. The largest absolute Gasteiger partial charge is 0.399 e. The third-order valence-corrected chi connectivity index (χ3v) is 3.43. The van der Waals surface area contributed by atoms with Crippen molar-refractivity contribution < 1.29 is 4.79 Å². The first kappa shape index (κ1) is 14.1. The van der Waals surface area contributed by atoms with E-state index >= 15 is 0 Å². The Morgan fingerprint density at radius 1 is 1.20 bits per heavy atom. The van der Waals surface area contributed by atoms with Crippen molar-refractivity contribution in [1.82, 2.24) is 5.32 Å². The minimum absolute atomic E-state index is 0.0507. The van der Waals surface area contributed by atoms with E-state index in [1.807, 2.05) is 31.2 Å². The molecule has 3 N–H and O–H groups in total. The standard InChI is InChI=1S/C17H20N2O/c1-12-10-15(18)8-9-16(12)17(20)19-11-13(2)14-6-4-3-5-7-14/h3-10,13H,11,18H2,1-2H3,(H,19,20). The van der Waals surface area contributed by atoms with Gasteiger partial charge >= 0.3 is 0 Å². The van der Waals surface area contributed by atoms with Gasteiger partial charge in [0.15, 0.2) is 0 Å². The molecule has 1 unspecified atom stereocenters. The van der Waals surface area contributed by atoms with Crippen LogP contribution in [0.1, 0.15) is 34.3 Å². The highest BCUT2D eigenvalue weighted by Gasteiger charge is 2.11. The highest BCUT2D eigenvalue weighted by Crippen LogP contribution is 2.15. The molecular weight excluding hydrogens is 248 g/mol. The van der Waals surface area contributed by atoms with Crippen LogP contribution in [-0.2, 0) is 0 Å². The van der Waals surface area contributed by atoms with Gasteiger partial charge < -0.3 is 11.1 Å². The monoisotopic (exact) mass is 268 g/mol. The summed E-state index contributed by atoms with van der Waals surface area (Å²) >= 11 is 0. The Labute approximate surface area is 119 Å². The number of carbonyl (C=O) groups excluding carboxylic acids is 1. The lowest BCUT2D eigenvalue weighted by atomic mass is 10.0. The lowest BCUT2D eigenvalue weighted by molar-refractivity contribution is 0.0951. The van der Waals surface area contributed by atoms with Crippen LogP contribution in [0.25, 0.3) is 0 Å². The Balaban J connectivity index is 1.99. The summed E-state index contributed by atoms with van der Waals surface area (Å²) in [6.45, 7) is 4.62. The zero-order valence-electron chi connectivity index (χ0n) is 11.9. The van der Waals surface area contributed by atoms with Crippen LogP contribution in [0.15, 0.2) is 48.5 Å². The summed E-state index contributed by atoms with van der Waals surface area (Å²) < 4.78 is 0. The van der Waals surface area contributed by atoms with Crippen molar-refractivity contribution in [3.8, 4) is 0 Å². The molecule has 0 aromatic heterocycles. The summed E-state index contributed by atoms with van der Waals surface area (Å²) in [6.07, 6.45) is 0. The summed E-state index contributed by atoms with van der Waals surface area (Å²) in [7, 11) is 0. The first-order chi connectivity index (χ1) is 9.58. The second-order valence-corrected chi connectivity index (χ2v) is 5.10. The summed E-state index contributed by atoms with van der Waals surface area (Å²) in [4.78, 5) is 12.2. The first-order valence-electron chi connectivity index (χ1n) is 6.77. The number of nitrogen functional groups attached to an aromatic ring is 1. The van der Waals surface area contributed by atoms with Crippen molar-refractivity contribution in [2.24, 2.45) is 0 Å². The molecule has 2 aromatic carbocycles. The summed E-state index contributed by atoms with van der Waals surface area (Å²) in [6, 6.07) is 15.5. The summed E-state index contributed by atoms with van der Waals surface area (Å²) in [5, 5.41) is 2.98. The molecule has 0 aliphatic carbocycles. The topological polar surface area (TPSA) is 55.1 Å². The van der Waals surface area contributed by atoms with E-state index < -0.39 is 0 Å². The highest BCUT2D eigenvalue weighted by molar-refractivity contribution is 5.96. The van der Waals surface area contributed by atoms with Gasteiger partial charge in [0.2, 0.25) is 0 Å². The average Bonchev–Trinajstić information content (AvgIpc) is 2.45. The molecule has 0 saturated carbocycles. The molecule has 0 aliphatic rings. The molecule has 0 saturated heterocycles. The molecule has 0 bridgehead atoms. The van der Waals surface area contributed by atoms with E-state index in [-0.39, 0.29) is 11.8 Å². The highest BCUT2D eigenvalue weighted by atomic mass is 16.1. The molecule has 1 atom stereocenters. The quantitative estimate of drug-likeness (QED) is 0.837. The fourth-order valence-electron chi connectivity index (χ4n) is 2.18. The maximum absolute atomic E-state index is 12.2. The van der Waals surface area contributed by atoms with Crippen LogP contribution in [0.2, 0.25) is 0 Å². The molecule has 0 radical (unpaired) electrons. The van der Waals surface area contributed by atoms with Crippen LogP contribution < -0.4 is 11.1 Å². The number of carbonyl (C=O) groups is 1. The van der Waals surface area contributed by atoms with Gasteiger partial charge in [0.25, 0.3) is 5.91 Å². The molecule has 104 valence electrons. The van der Waals surface area contributed by atoms with Gasteiger partial charge in [0, 0.05) is 17.8 Å². The maximum atomic E-state index is 12.2. The fourth-order valence-corrected chi connectivity index (χ4v) is 2.18. The van der Waals surface area contributed by atoms with Gasteiger partial charge in [-0.3, -0.25) is 4.79 Å². The number of rotatable bonds is 4. The van der Waals surface area contributed by atoms with Gasteiger partial charge in [-0.25, -0.2) is 0 Å². The molecule has 3 heteroatoms. The summed E-state index contributed by atoms with van der Waals surface area (Å²) in [5.74, 6) is 0.236. The third kappa shape index (κ3) is 3.38. The number of amides is 1. The molecule has 2 aromatic rings. The van der Waals surface area contributed by atoms with Gasteiger partial charge in [-0.15, -0.1) is 0 Å². The smallest absolute Gasteiger partial charge is 0.251 e. The number of aryl methyl sites for hydroxylation is 1. The molecule has 0 aliphatic heterocycles. The number of anilines is 1. The van der Waals surface area contributed by atoms with E-state index in [2.05, 4.69) is 24.4 Å². The molecule has 1 amide bonds. The van der Waals surface area contributed by atoms with Crippen molar-refractivity contribution in [1.29, 1.82) is 0 Å². The Morgan fingerprint density at radius 2 is 1.90 bits per heavy atom. The van der Waals surface area contributed by atoms with Crippen molar-refractivity contribution in [2.75, 3.05) is 12.3 Å². The lowest BCUT2D eigenvalue weighted by Gasteiger charge is -2.14. The van der Waals surface area contributed by atoms with E-state index in [0.29, 0.717) is 17.8 Å². The van der Waals surface area contributed by atoms with E-state index in [1.165, 1.54) is 5.56 Å². The van der Waals surface area contributed by atoms with Gasteiger partial charge in [0.1, 0.15) is 0 Å². The number of hydrogen-bond donors (Lipinski definition) is 2. The van der Waals surface area contributed by atoms with Crippen LogP contribution in [0.4, 0.5) is 5.69 Å². The van der Waals surface area contributed by atoms with Crippen molar-refractivity contribution in [3.05, 3.63) is 65.2 Å². The van der Waals surface area contributed by atoms with Crippen LogP contribution in [0.3, 0.4) is 0 Å². The zero-order valence-corrected chi connectivity index (χ0v) is 11.9. The van der Waals surface area contributed by atoms with Crippen molar-refractivity contribution >= 4 is 11.6 Å². The fraction of sp³-hybridized carbons (Fsp3) is 0.235. The van der Waals surface area contributed by atoms with Crippen LogP contribution in [0.5, 0.6) is 0 Å². The van der Waals surface area contributed by atoms with Gasteiger partial charge in [-0.05, 0) is 42.2 Å². The van der Waals surface area contributed by atoms with Crippen LogP contribution >= 0.6 is 0 Å². The second-order valence-electron chi connectivity index (χ2n) is 5.10. The van der Waals surface area contributed by atoms with E-state index in [4.69, 9.17) is 5.73 Å². The van der Waals surface area contributed by atoms with E-state index in [1.54, 1.807) is 12.1 Å². The molecular formula is C17H20N2O. The average molecular weight is 268 g/mol. The van der Waals surface area contributed by atoms with E-state index in [0.717, 1.165) is 5.56 Å². The zero-order chi connectivity index (χ0) is 14.5. The SMILES string of the molecule is Cc1cc(N)ccc1C(=O)NCC(C)c1ccccc1. The van der Waals surface area contributed by atoms with Crippen molar-refractivity contribution in [2.45, 2.75) is 19.8 Å². The number of hydrogen-bond acceptors (Lipinski definition) is 2. The number of benzene rings is 2. The normalized spacial score (nSPS) is 11.9. The molecule has 0 spiro atoms. The van der Waals surface area contributed by atoms with Crippen molar-refractivity contribution in [3.63, 3.8) is 0 Å². The molecule has 0 fully saturated rings. The number of nitrogens with two attached hydrogens (primary N) is 1. The predicted molar refractivity (Wildman–Crippen MR) is 82.8 cm³/mol. The Morgan fingerprint density at radius 3 is 2.55 bits per heavy atom. The van der Waals surface area contributed by atoms with Gasteiger partial charge in [-0.2, -0.15) is 0 Å². The maximum Gasteiger partial charge on any atom is 0.251 e. The Bertz CT molecular complexity index is 593. The van der Waals surface area contributed by atoms with Crippen LogP contribution in [0, 0.1) is 6.92 Å². The molecule has 0 heterocycles. The molecule has 2 rings (SSSR count). The predicted octanol–water partition coefficient (Wildman–Crippen LogP) is 3.11. The van der Waals surface area contributed by atoms with Gasteiger partial charge in [0.05, 0.1) is 0 Å².